The summed E-state index contributed by atoms with van der Waals surface area (Å²) in [6, 6.07) is 4.66. The van der Waals surface area contributed by atoms with Gasteiger partial charge in [0.25, 0.3) is 0 Å². The van der Waals surface area contributed by atoms with E-state index in [4.69, 9.17) is 0 Å². The number of carbonyl (C=O) groups excluding carboxylic acids is 1. The number of nitrogens with one attached hydrogen (secondary N) is 1. The van der Waals surface area contributed by atoms with Crippen LogP contribution in [0.15, 0.2) is 40.0 Å². The number of amides is 1. The van der Waals surface area contributed by atoms with Gasteiger partial charge in [-0.25, -0.2) is 4.39 Å². The third kappa shape index (κ3) is 5.09. The minimum atomic E-state index is -0.355. The van der Waals surface area contributed by atoms with Crippen molar-refractivity contribution < 1.29 is 9.18 Å². The van der Waals surface area contributed by atoms with Crippen LogP contribution >= 0.6 is 0 Å². The average molecular weight is 442 g/mol. The normalized spacial score (nSPS) is 18.6. The Balaban J connectivity index is 1.87. The van der Waals surface area contributed by atoms with Crippen LogP contribution in [0.2, 0.25) is 0 Å². The van der Waals surface area contributed by atoms with Gasteiger partial charge in [-0.1, -0.05) is 19.9 Å². The van der Waals surface area contributed by atoms with Gasteiger partial charge in [0.2, 0.25) is 5.91 Å². The van der Waals surface area contributed by atoms with E-state index in [0.717, 1.165) is 43.2 Å². The van der Waals surface area contributed by atoms with Gasteiger partial charge in [0, 0.05) is 56.2 Å². The van der Waals surface area contributed by atoms with Gasteiger partial charge in [-0.05, 0) is 57.3 Å². The van der Waals surface area contributed by atoms with Crippen LogP contribution in [-0.4, -0.2) is 63.1 Å². The van der Waals surface area contributed by atoms with Crippen LogP contribution in [0.4, 0.5) is 10.1 Å². The summed E-state index contributed by atoms with van der Waals surface area (Å²) in [5, 5.41) is 3.44. The lowest BCUT2D eigenvalue weighted by atomic mass is 9.72. The molecule has 2 saturated heterocycles. The Labute approximate surface area is 191 Å². The molecular formula is C25H36FN5O. The molecule has 174 valence electrons. The smallest absolute Gasteiger partial charge is 0.229 e. The molecule has 0 saturated carbocycles. The molecule has 2 fully saturated rings. The van der Waals surface area contributed by atoms with E-state index >= 15 is 0 Å². The number of rotatable bonds is 7. The minimum Gasteiger partial charge on any atom is -0.355 e. The highest BCUT2D eigenvalue weighted by Crippen LogP contribution is 2.40. The largest absolute Gasteiger partial charge is 0.355 e. The third-order valence-electron chi connectivity index (χ3n) is 6.56. The van der Waals surface area contributed by atoms with Crippen molar-refractivity contribution in [3.05, 3.63) is 41.4 Å². The van der Waals surface area contributed by atoms with Crippen LogP contribution in [0, 0.1) is 17.2 Å². The Morgan fingerprint density at radius 2 is 2.03 bits per heavy atom. The molecule has 0 atom stereocenters. The monoisotopic (exact) mass is 441 g/mol. The minimum absolute atomic E-state index is 0.0216. The molecule has 6 nitrogen and oxygen atoms in total. The first-order chi connectivity index (χ1) is 15.3. The molecule has 0 aliphatic carbocycles. The van der Waals surface area contributed by atoms with Gasteiger partial charge in [0.05, 0.1) is 5.69 Å². The molecule has 1 N–H and O–H groups in total. The molecule has 7 heteroatoms. The predicted molar refractivity (Wildman–Crippen MR) is 130 cm³/mol. The number of amidine groups is 1. The summed E-state index contributed by atoms with van der Waals surface area (Å²) in [5.41, 5.74) is 2.77. The van der Waals surface area contributed by atoms with Crippen LogP contribution in [-0.2, 0) is 11.2 Å². The fourth-order valence-corrected chi connectivity index (χ4v) is 4.87. The second-order valence-electron chi connectivity index (χ2n) is 9.18. The summed E-state index contributed by atoms with van der Waals surface area (Å²) >= 11 is 0. The molecule has 0 unspecified atom stereocenters. The Morgan fingerprint density at radius 3 is 2.59 bits per heavy atom. The van der Waals surface area contributed by atoms with Crippen molar-refractivity contribution in [3.63, 3.8) is 0 Å². The van der Waals surface area contributed by atoms with Crippen molar-refractivity contribution in [2.45, 2.75) is 40.0 Å². The zero-order valence-electron chi connectivity index (χ0n) is 19.8. The predicted octanol–water partition coefficient (Wildman–Crippen LogP) is 3.68. The quantitative estimate of drug-likeness (QED) is 0.519. The van der Waals surface area contributed by atoms with Crippen LogP contribution in [0.25, 0.3) is 0 Å². The highest BCUT2D eigenvalue weighted by Gasteiger charge is 2.45. The molecule has 2 aliphatic rings. The number of hydrogen-bond donors (Lipinski definition) is 1. The average Bonchev–Trinajstić information content (AvgIpc) is 2.76. The molecule has 0 aromatic heterocycles. The highest BCUT2D eigenvalue weighted by molar-refractivity contribution is 6.00. The number of aliphatic imine (C=N–C) groups is 2. The number of anilines is 1. The van der Waals surface area contributed by atoms with Gasteiger partial charge in [0.1, 0.15) is 11.7 Å². The zero-order valence-corrected chi connectivity index (χ0v) is 19.8. The van der Waals surface area contributed by atoms with Gasteiger partial charge in [-0.3, -0.25) is 14.8 Å². The number of benzene rings is 1. The molecule has 2 heterocycles. The van der Waals surface area contributed by atoms with E-state index in [2.05, 4.69) is 26.9 Å². The molecule has 2 aliphatic heterocycles. The first kappa shape index (κ1) is 24.1. The lowest BCUT2D eigenvalue weighted by Crippen LogP contribution is -2.61. The Hall–Kier alpha value is -2.54. The van der Waals surface area contributed by atoms with Crippen molar-refractivity contribution in [2.75, 3.05) is 44.7 Å². The van der Waals surface area contributed by atoms with Gasteiger partial charge < -0.3 is 15.1 Å². The highest BCUT2D eigenvalue weighted by atomic mass is 19.1. The van der Waals surface area contributed by atoms with Gasteiger partial charge in [-0.15, -0.1) is 0 Å². The maximum Gasteiger partial charge on any atom is 0.229 e. The molecule has 0 radical (unpaired) electrons. The van der Waals surface area contributed by atoms with E-state index in [1.165, 1.54) is 25.0 Å². The summed E-state index contributed by atoms with van der Waals surface area (Å²) in [4.78, 5) is 25.4. The SMILES string of the molecule is C=N/C=C(/Cc1ccc(F)cc1N(CC)C(=O)C(C)C)C(=NC)N1CC2(CCNCC2)C1. The number of piperidine rings is 1. The maximum atomic E-state index is 14.2. The lowest BCUT2D eigenvalue weighted by molar-refractivity contribution is -0.121. The van der Waals surface area contributed by atoms with E-state index in [1.807, 2.05) is 20.8 Å². The molecule has 0 bridgehead atoms. The first-order valence-corrected chi connectivity index (χ1v) is 11.5. The summed E-state index contributed by atoms with van der Waals surface area (Å²) in [5.74, 6) is 0.346. The summed E-state index contributed by atoms with van der Waals surface area (Å²) in [6.07, 6.45) is 4.60. The third-order valence-corrected chi connectivity index (χ3v) is 6.56. The summed E-state index contributed by atoms with van der Waals surface area (Å²) < 4.78 is 14.2. The van der Waals surface area contributed by atoms with E-state index in [0.29, 0.717) is 24.1 Å². The molecule has 1 aromatic rings. The van der Waals surface area contributed by atoms with Crippen LogP contribution in [0.5, 0.6) is 0 Å². The van der Waals surface area contributed by atoms with Crippen LogP contribution < -0.4 is 10.2 Å². The number of likely N-dealkylation sites (tertiary alicyclic amines) is 1. The topological polar surface area (TPSA) is 60.3 Å². The molecular weight excluding hydrogens is 405 g/mol. The summed E-state index contributed by atoms with van der Waals surface area (Å²) in [7, 11) is 1.80. The number of carbonyl (C=O) groups is 1. The van der Waals surface area contributed by atoms with Crippen LogP contribution in [0.3, 0.4) is 0 Å². The Morgan fingerprint density at radius 1 is 1.34 bits per heavy atom. The maximum absolute atomic E-state index is 14.2. The molecule has 32 heavy (non-hydrogen) atoms. The second-order valence-corrected chi connectivity index (χ2v) is 9.18. The Kier molecular flexibility index (Phi) is 7.82. The van der Waals surface area contributed by atoms with Gasteiger partial charge >= 0.3 is 0 Å². The van der Waals surface area contributed by atoms with Gasteiger partial charge in [-0.2, -0.15) is 0 Å². The lowest BCUT2D eigenvalue weighted by Gasteiger charge is -2.54. The first-order valence-electron chi connectivity index (χ1n) is 11.5. The molecule has 1 amide bonds. The van der Waals surface area contributed by atoms with Crippen LogP contribution in [0.1, 0.15) is 39.2 Å². The van der Waals surface area contributed by atoms with E-state index < -0.39 is 0 Å². The fourth-order valence-electron chi connectivity index (χ4n) is 4.87. The van der Waals surface area contributed by atoms with E-state index in [9.17, 15) is 9.18 Å². The molecule has 1 aromatic carbocycles. The molecule has 3 rings (SSSR count). The second kappa shape index (κ2) is 10.4. The van der Waals surface area contributed by atoms with E-state index in [1.54, 1.807) is 24.2 Å². The fraction of sp³-hybridized carbons (Fsp3) is 0.560. The van der Waals surface area contributed by atoms with Crippen molar-refractivity contribution >= 4 is 24.1 Å². The number of halogens is 1. The van der Waals surface area contributed by atoms with Crippen molar-refractivity contribution in [1.82, 2.24) is 10.2 Å². The Bertz CT molecular complexity index is 894. The van der Waals surface area contributed by atoms with Crippen molar-refractivity contribution in [1.29, 1.82) is 0 Å². The van der Waals surface area contributed by atoms with E-state index in [-0.39, 0.29) is 17.6 Å². The van der Waals surface area contributed by atoms with Gasteiger partial charge in [0.15, 0.2) is 0 Å². The standard InChI is InChI=1S/C25H36FN5O/c1-6-31(24(32)18(2)3)22-14-21(26)8-7-19(22)13-20(15-27-4)23(28-5)30-16-25(17-30)9-11-29-12-10-25/h7-8,14-15,18,29H,4,6,9-13,16-17H2,1-3,5H3/b20-15-,28-23?. The number of hydrogen-bond acceptors (Lipinski definition) is 4. The zero-order chi connectivity index (χ0) is 23.3. The van der Waals surface area contributed by atoms with Crippen molar-refractivity contribution in [3.8, 4) is 0 Å². The van der Waals surface area contributed by atoms with Crippen molar-refractivity contribution in [2.24, 2.45) is 21.3 Å². The molecule has 1 spiro atoms. The summed E-state index contributed by atoms with van der Waals surface area (Å²) in [6.45, 7) is 13.9. The number of nitrogens with zero attached hydrogens (tertiary/aromatic N) is 4.